The highest BCUT2D eigenvalue weighted by Crippen LogP contribution is 2.35. The van der Waals surface area contributed by atoms with E-state index in [4.69, 9.17) is 27.9 Å². The molecule has 0 bridgehead atoms. The lowest BCUT2D eigenvalue weighted by atomic mass is 10.1. The summed E-state index contributed by atoms with van der Waals surface area (Å²) in [5.74, 6) is -0.0496. The van der Waals surface area contributed by atoms with Gasteiger partial charge in [0.1, 0.15) is 5.75 Å². The summed E-state index contributed by atoms with van der Waals surface area (Å²) in [7, 11) is 1.59. The lowest BCUT2D eigenvalue weighted by molar-refractivity contribution is -0.126. The number of benzene rings is 2. The number of nitrogens with zero attached hydrogens (tertiary/aromatic N) is 1. The van der Waals surface area contributed by atoms with Crippen LogP contribution in [0.2, 0.25) is 10.0 Å². The predicted molar refractivity (Wildman–Crippen MR) is 102 cm³/mol. The van der Waals surface area contributed by atoms with Crippen molar-refractivity contribution in [1.29, 1.82) is 0 Å². The van der Waals surface area contributed by atoms with Gasteiger partial charge in [-0.3, -0.25) is 9.59 Å². The molecule has 5 nitrogen and oxygen atoms in total. The summed E-state index contributed by atoms with van der Waals surface area (Å²) in [6.07, 6.45) is 0.139. The molecule has 26 heavy (non-hydrogen) atoms. The van der Waals surface area contributed by atoms with Crippen LogP contribution in [0.5, 0.6) is 5.75 Å². The van der Waals surface area contributed by atoms with Crippen molar-refractivity contribution in [3.8, 4) is 5.75 Å². The molecule has 0 aliphatic carbocycles. The zero-order valence-corrected chi connectivity index (χ0v) is 15.7. The van der Waals surface area contributed by atoms with Crippen molar-refractivity contribution in [2.45, 2.75) is 13.0 Å². The summed E-state index contributed by atoms with van der Waals surface area (Å²) in [5, 5.41) is 3.57. The van der Waals surface area contributed by atoms with Crippen LogP contribution in [0.4, 0.5) is 5.69 Å². The molecule has 0 aromatic heterocycles. The lowest BCUT2D eigenvalue weighted by Gasteiger charge is -2.18. The van der Waals surface area contributed by atoms with Crippen LogP contribution in [0.25, 0.3) is 0 Å². The largest absolute Gasteiger partial charge is 0.496 e. The molecular weight excluding hydrogens is 375 g/mol. The Hall–Kier alpha value is -2.24. The highest BCUT2D eigenvalue weighted by atomic mass is 35.5. The average molecular weight is 393 g/mol. The van der Waals surface area contributed by atoms with Gasteiger partial charge in [-0.2, -0.15) is 0 Å². The number of anilines is 1. The van der Waals surface area contributed by atoms with E-state index in [1.165, 1.54) is 4.90 Å². The van der Waals surface area contributed by atoms with Crippen molar-refractivity contribution in [3.63, 3.8) is 0 Å². The summed E-state index contributed by atoms with van der Waals surface area (Å²) in [6, 6.07) is 12.6. The van der Waals surface area contributed by atoms with Gasteiger partial charge in [0, 0.05) is 25.1 Å². The molecule has 0 spiro atoms. The van der Waals surface area contributed by atoms with Crippen molar-refractivity contribution in [2.75, 3.05) is 18.6 Å². The molecule has 0 saturated carbocycles. The van der Waals surface area contributed by atoms with Crippen LogP contribution >= 0.6 is 23.2 Å². The highest BCUT2D eigenvalue weighted by molar-refractivity contribution is 6.44. The second-order valence-electron chi connectivity index (χ2n) is 6.01. The maximum atomic E-state index is 12.5. The van der Waals surface area contributed by atoms with E-state index in [9.17, 15) is 9.59 Å². The van der Waals surface area contributed by atoms with E-state index in [1.54, 1.807) is 25.3 Å². The third-order valence-electron chi connectivity index (χ3n) is 4.36. The Morgan fingerprint density at radius 2 is 2.00 bits per heavy atom. The summed E-state index contributed by atoms with van der Waals surface area (Å²) in [4.78, 5) is 26.4. The maximum absolute atomic E-state index is 12.5. The molecule has 2 aromatic carbocycles. The number of halogens is 2. The van der Waals surface area contributed by atoms with Crippen molar-refractivity contribution in [1.82, 2.24) is 5.32 Å². The van der Waals surface area contributed by atoms with Crippen molar-refractivity contribution >= 4 is 40.7 Å². The molecular formula is C19H18Cl2N2O3. The zero-order valence-electron chi connectivity index (χ0n) is 14.2. The molecule has 2 amide bonds. The van der Waals surface area contributed by atoms with Crippen LogP contribution in [-0.2, 0) is 16.1 Å². The first-order valence-electron chi connectivity index (χ1n) is 8.15. The smallest absolute Gasteiger partial charge is 0.227 e. The van der Waals surface area contributed by atoms with Gasteiger partial charge in [-0.25, -0.2) is 0 Å². The van der Waals surface area contributed by atoms with E-state index >= 15 is 0 Å². The number of carbonyl (C=O) groups is 2. The topological polar surface area (TPSA) is 58.6 Å². The fourth-order valence-corrected chi connectivity index (χ4v) is 3.39. The molecule has 0 unspecified atom stereocenters. The standard InChI is InChI=1S/C19H18Cl2N2O3/c1-26-16-8-3-2-5-12(16)10-22-19(25)13-9-17(24)23(11-13)15-7-4-6-14(20)18(15)21/h2-8,13H,9-11H2,1H3,(H,22,25)/t13-/m0/s1. The third-order valence-corrected chi connectivity index (χ3v) is 5.17. The second-order valence-corrected chi connectivity index (χ2v) is 6.79. The Balaban J connectivity index is 1.66. The Bertz CT molecular complexity index is 841. The van der Waals surface area contributed by atoms with Gasteiger partial charge in [0.25, 0.3) is 0 Å². The molecule has 1 aliphatic heterocycles. The molecule has 1 fully saturated rings. The normalized spacial score (nSPS) is 16.7. The number of hydrogen-bond acceptors (Lipinski definition) is 3. The van der Waals surface area contributed by atoms with Crippen LogP contribution in [-0.4, -0.2) is 25.5 Å². The van der Waals surface area contributed by atoms with E-state index in [0.29, 0.717) is 28.0 Å². The fourth-order valence-electron chi connectivity index (χ4n) is 2.99. The molecule has 1 aliphatic rings. The van der Waals surface area contributed by atoms with Crippen LogP contribution in [0, 0.1) is 5.92 Å². The molecule has 1 heterocycles. The minimum atomic E-state index is -0.438. The van der Waals surface area contributed by atoms with E-state index in [0.717, 1.165) is 5.56 Å². The average Bonchev–Trinajstić information content (AvgIpc) is 3.04. The number of para-hydroxylation sites is 1. The summed E-state index contributed by atoms with van der Waals surface area (Å²) in [6.45, 7) is 0.613. The van der Waals surface area contributed by atoms with Gasteiger partial charge in [-0.05, 0) is 18.2 Å². The highest BCUT2D eigenvalue weighted by Gasteiger charge is 2.36. The minimum Gasteiger partial charge on any atom is -0.496 e. The zero-order chi connectivity index (χ0) is 18.7. The molecule has 1 N–H and O–H groups in total. The molecule has 7 heteroatoms. The fraction of sp³-hybridized carbons (Fsp3) is 0.263. The van der Waals surface area contributed by atoms with Gasteiger partial charge < -0.3 is 15.0 Å². The Labute approximate surface area is 161 Å². The molecule has 1 atom stereocenters. The summed E-state index contributed by atoms with van der Waals surface area (Å²) in [5.41, 5.74) is 1.41. The maximum Gasteiger partial charge on any atom is 0.227 e. The van der Waals surface area contributed by atoms with Crippen molar-refractivity contribution < 1.29 is 14.3 Å². The molecule has 2 aromatic rings. The van der Waals surface area contributed by atoms with Gasteiger partial charge in [-0.1, -0.05) is 47.5 Å². The Morgan fingerprint density at radius 1 is 1.23 bits per heavy atom. The number of nitrogens with one attached hydrogen (secondary N) is 1. The molecule has 3 rings (SSSR count). The Kier molecular flexibility index (Phi) is 5.69. The van der Waals surface area contributed by atoms with Crippen molar-refractivity contribution in [2.24, 2.45) is 5.92 Å². The summed E-state index contributed by atoms with van der Waals surface area (Å²) >= 11 is 12.2. The van der Waals surface area contributed by atoms with E-state index in [2.05, 4.69) is 5.32 Å². The Morgan fingerprint density at radius 3 is 2.77 bits per heavy atom. The predicted octanol–water partition coefficient (Wildman–Crippen LogP) is 3.67. The van der Waals surface area contributed by atoms with Crippen LogP contribution in [0.1, 0.15) is 12.0 Å². The summed E-state index contributed by atoms with van der Waals surface area (Å²) < 4.78 is 5.28. The first-order chi connectivity index (χ1) is 12.5. The van der Waals surface area contributed by atoms with Gasteiger partial charge in [0.2, 0.25) is 11.8 Å². The van der Waals surface area contributed by atoms with Crippen molar-refractivity contribution in [3.05, 3.63) is 58.1 Å². The minimum absolute atomic E-state index is 0.139. The molecule has 1 saturated heterocycles. The number of carbonyl (C=O) groups excluding carboxylic acids is 2. The molecule has 136 valence electrons. The number of rotatable bonds is 5. The van der Waals surface area contributed by atoms with Gasteiger partial charge in [0.05, 0.1) is 28.8 Å². The third kappa shape index (κ3) is 3.79. The number of ether oxygens (including phenoxy) is 1. The van der Waals surface area contributed by atoms with Crippen LogP contribution in [0.3, 0.4) is 0 Å². The van der Waals surface area contributed by atoms with Crippen LogP contribution in [0.15, 0.2) is 42.5 Å². The van der Waals surface area contributed by atoms with Crippen LogP contribution < -0.4 is 15.0 Å². The second kappa shape index (κ2) is 7.98. The first kappa shape index (κ1) is 18.5. The van der Waals surface area contributed by atoms with E-state index in [1.807, 2.05) is 24.3 Å². The quantitative estimate of drug-likeness (QED) is 0.844. The van der Waals surface area contributed by atoms with Gasteiger partial charge >= 0.3 is 0 Å². The van der Waals surface area contributed by atoms with E-state index < -0.39 is 5.92 Å². The van der Waals surface area contributed by atoms with Gasteiger partial charge in [0.15, 0.2) is 0 Å². The monoisotopic (exact) mass is 392 g/mol. The first-order valence-corrected chi connectivity index (χ1v) is 8.91. The van der Waals surface area contributed by atoms with Gasteiger partial charge in [-0.15, -0.1) is 0 Å². The number of hydrogen-bond donors (Lipinski definition) is 1. The molecule has 0 radical (unpaired) electrons. The number of methoxy groups -OCH3 is 1. The lowest BCUT2D eigenvalue weighted by Crippen LogP contribution is -2.32. The van der Waals surface area contributed by atoms with E-state index in [-0.39, 0.29) is 24.8 Å². The SMILES string of the molecule is COc1ccccc1CNC(=O)[C@H]1CC(=O)N(c2cccc(Cl)c2Cl)C1. The number of amides is 2.